The molecule has 2 N–H and O–H groups in total. The molecule has 0 saturated carbocycles. The number of hydrogen-bond acceptors (Lipinski definition) is 5. The molecule has 0 atom stereocenters. The fourth-order valence-corrected chi connectivity index (χ4v) is 4.70. The molecular weight excluding hydrogens is 562 g/mol. The summed E-state index contributed by atoms with van der Waals surface area (Å²) in [5, 5.41) is 8.98. The average molecular weight is 578 g/mol. The van der Waals surface area contributed by atoms with Crippen LogP contribution in [0.4, 0.5) is 24.9 Å². The number of nitrogens with zero attached hydrogens (tertiary/aromatic N) is 3. The first-order valence-electron chi connectivity index (χ1n) is 10.2. The highest BCUT2D eigenvalue weighted by atomic mass is 79.9. The Morgan fingerprint density at radius 3 is 2.33 bits per heavy atom. The molecule has 1 aromatic heterocycles. The summed E-state index contributed by atoms with van der Waals surface area (Å²) < 4.78 is 59.0. The molecule has 7 nitrogen and oxygen atoms in total. The van der Waals surface area contributed by atoms with Crippen molar-refractivity contribution < 1.29 is 31.9 Å². The molecule has 4 aromatic rings. The van der Waals surface area contributed by atoms with Crippen molar-refractivity contribution in [1.82, 2.24) is 4.98 Å². The fourth-order valence-electron chi connectivity index (χ4n) is 3.36. The van der Waals surface area contributed by atoms with Crippen LogP contribution >= 0.6 is 23.5 Å². The fraction of sp³-hybridized carbons (Fsp3) is 0.0833. The van der Waals surface area contributed by atoms with E-state index in [1.165, 1.54) is 42.6 Å². The highest BCUT2D eigenvalue weighted by Crippen LogP contribution is 2.60. The van der Waals surface area contributed by atoms with Crippen molar-refractivity contribution in [3.8, 4) is 17.4 Å². The van der Waals surface area contributed by atoms with E-state index < -0.39 is 24.6 Å². The Morgan fingerprint density at radius 2 is 1.75 bits per heavy atom. The summed E-state index contributed by atoms with van der Waals surface area (Å²) in [7, 11) is -5.74. The van der Waals surface area contributed by atoms with Crippen LogP contribution in [0.1, 0.15) is 16.7 Å². The molecule has 0 amide bonds. The number of oxazole rings is 1. The van der Waals surface area contributed by atoms with Crippen molar-refractivity contribution in [3.05, 3.63) is 99.9 Å². The lowest BCUT2D eigenvalue weighted by molar-refractivity contribution is 0.0557. The quantitative estimate of drug-likeness (QED) is 0.236. The highest BCUT2D eigenvalue weighted by molar-refractivity contribution is 9.10. The number of alkyl halides is 2. The van der Waals surface area contributed by atoms with Crippen LogP contribution in [0.2, 0.25) is 0 Å². The van der Waals surface area contributed by atoms with E-state index in [0.29, 0.717) is 28.1 Å². The normalized spacial score (nSPS) is 11.8. The molecule has 0 unspecified atom stereocenters. The van der Waals surface area contributed by atoms with Gasteiger partial charge in [-0.15, -0.1) is 0 Å². The van der Waals surface area contributed by atoms with Gasteiger partial charge in [-0.3, -0.25) is 9.46 Å². The van der Waals surface area contributed by atoms with Crippen molar-refractivity contribution in [3.63, 3.8) is 0 Å². The largest absolute Gasteiger partial charge is 0.423 e. The van der Waals surface area contributed by atoms with Gasteiger partial charge in [-0.2, -0.15) is 14.0 Å². The van der Waals surface area contributed by atoms with Crippen LogP contribution in [0.3, 0.4) is 0 Å². The third-order valence-electron chi connectivity index (χ3n) is 5.23. The zero-order valence-corrected chi connectivity index (χ0v) is 20.6. The summed E-state index contributed by atoms with van der Waals surface area (Å²) in [5.41, 5.74) is -3.13. The molecule has 0 aliphatic carbocycles. The summed E-state index contributed by atoms with van der Waals surface area (Å²) in [6.07, 6.45) is 1.48. The van der Waals surface area contributed by atoms with E-state index in [2.05, 4.69) is 20.9 Å². The van der Waals surface area contributed by atoms with E-state index in [4.69, 9.17) is 19.5 Å². The molecule has 0 saturated heterocycles. The molecule has 0 aliphatic rings. The smallest absolute Gasteiger partial charge is 0.399 e. The molecule has 1 heterocycles. The third kappa shape index (κ3) is 5.22. The van der Waals surface area contributed by atoms with E-state index in [9.17, 15) is 17.7 Å². The van der Waals surface area contributed by atoms with Gasteiger partial charge in [-0.25, -0.2) is 9.37 Å². The minimum atomic E-state index is -5.74. The number of hydrogen-bond donors (Lipinski definition) is 2. The second kappa shape index (κ2) is 9.91. The van der Waals surface area contributed by atoms with Gasteiger partial charge in [-0.1, -0.05) is 28.1 Å². The lowest BCUT2D eigenvalue weighted by Gasteiger charge is -2.23. The van der Waals surface area contributed by atoms with Gasteiger partial charge in [-0.05, 0) is 60.2 Å². The van der Waals surface area contributed by atoms with Gasteiger partial charge in [0.05, 0.1) is 24.4 Å². The van der Waals surface area contributed by atoms with Gasteiger partial charge in [0.1, 0.15) is 5.82 Å². The molecular formula is C24H16BrF3N3O4P. The Labute approximate surface area is 211 Å². The highest BCUT2D eigenvalue weighted by Gasteiger charge is 2.51. The van der Waals surface area contributed by atoms with Gasteiger partial charge in [0.2, 0.25) is 0 Å². The summed E-state index contributed by atoms with van der Waals surface area (Å²) in [6.45, 7) is 0.0410. The Hall–Kier alpha value is -3.42. The molecule has 0 bridgehead atoms. The number of halogens is 4. The maximum Gasteiger partial charge on any atom is 0.399 e. The number of anilines is 2. The third-order valence-corrected chi connectivity index (χ3v) is 6.85. The standard InChI is InChI=1S/C24H16BrF3N3O4P/c25-21-11-16(3-10-20(21)24(27,28)36(32,33)34)14-31(19-8-6-18(26)7-9-19)23-30-13-22(35-23)17-4-1-15(12-29)2-5-17/h1-11,13H,14H2,(H2,32,33,34). The number of benzene rings is 3. The second-order valence-corrected chi connectivity index (χ2v) is 10.2. The van der Waals surface area contributed by atoms with Crippen LogP contribution in [-0.4, -0.2) is 14.8 Å². The van der Waals surface area contributed by atoms with Crippen molar-refractivity contribution in [2.24, 2.45) is 0 Å². The first kappa shape index (κ1) is 25.7. The van der Waals surface area contributed by atoms with E-state index in [1.54, 1.807) is 29.2 Å². The van der Waals surface area contributed by atoms with Gasteiger partial charge < -0.3 is 14.2 Å². The minimum absolute atomic E-state index is 0.0410. The lowest BCUT2D eigenvalue weighted by Crippen LogP contribution is -2.18. The second-order valence-electron chi connectivity index (χ2n) is 7.66. The molecule has 12 heteroatoms. The van der Waals surface area contributed by atoms with Gasteiger partial charge in [0.25, 0.3) is 0 Å². The van der Waals surface area contributed by atoms with Crippen molar-refractivity contribution in [1.29, 1.82) is 5.26 Å². The molecule has 0 aliphatic heterocycles. The summed E-state index contributed by atoms with van der Waals surface area (Å²) >= 11 is 2.98. The van der Waals surface area contributed by atoms with E-state index in [0.717, 1.165) is 6.07 Å². The summed E-state index contributed by atoms with van der Waals surface area (Å²) in [6, 6.07) is 17.8. The van der Waals surface area contributed by atoms with Crippen molar-refractivity contribution >= 4 is 35.2 Å². The Bertz CT molecular complexity index is 1480. The first-order chi connectivity index (χ1) is 17.0. The Balaban J connectivity index is 1.70. The molecule has 3 aromatic carbocycles. The predicted molar refractivity (Wildman–Crippen MR) is 129 cm³/mol. The molecule has 4 rings (SSSR count). The van der Waals surface area contributed by atoms with Crippen LogP contribution in [0.5, 0.6) is 0 Å². The number of rotatable bonds is 7. The van der Waals surface area contributed by atoms with Crippen molar-refractivity contribution in [2.75, 3.05) is 4.90 Å². The molecule has 36 heavy (non-hydrogen) atoms. The maximum absolute atomic E-state index is 14.2. The predicted octanol–water partition coefficient (Wildman–Crippen LogP) is 6.68. The zero-order valence-electron chi connectivity index (χ0n) is 18.1. The van der Waals surface area contributed by atoms with Crippen LogP contribution < -0.4 is 4.90 Å². The SMILES string of the molecule is N#Cc1ccc(-c2cnc(N(Cc3ccc(C(F)(F)P(=O)(O)O)c(Br)c3)c3ccc(F)cc3)o2)cc1. The number of aromatic nitrogens is 1. The lowest BCUT2D eigenvalue weighted by atomic mass is 10.1. The van der Waals surface area contributed by atoms with E-state index in [1.807, 2.05) is 6.07 Å². The van der Waals surface area contributed by atoms with E-state index in [-0.39, 0.29) is 17.0 Å². The van der Waals surface area contributed by atoms with Gasteiger partial charge in [0, 0.05) is 21.3 Å². The van der Waals surface area contributed by atoms with E-state index >= 15 is 0 Å². The van der Waals surface area contributed by atoms with Gasteiger partial charge in [0.15, 0.2) is 5.76 Å². The van der Waals surface area contributed by atoms with Crippen LogP contribution in [-0.2, 0) is 16.8 Å². The molecule has 0 fully saturated rings. The molecule has 184 valence electrons. The minimum Gasteiger partial charge on any atom is -0.423 e. The first-order valence-corrected chi connectivity index (χ1v) is 12.6. The monoisotopic (exact) mass is 577 g/mol. The summed E-state index contributed by atoms with van der Waals surface area (Å²) in [5.74, 6) is -0.0597. The average Bonchev–Trinajstić information content (AvgIpc) is 3.32. The Morgan fingerprint density at radius 1 is 1.08 bits per heavy atom. The van der Waals surface area contributed by atoms with Crippen LogP contribution in [0.15, 0.2) is 81.8 Å². The summed E-state index contributed by atoms with van der Waals surface area (Å²) in [4.78, 5) is 24.0. The van der Waals surface area contributed by atoms with Crippen LogP contribution in [0.25, 0.3) is 11.3 Å². The molecule has 0 radical (unpaired) electrons. The zero-order chi connectivity index (χ0) is 26.1. The number of nitriles is 1. The van der Waals surface area contributed by atoms with Gasteiger partial charge >= 0.3 is 19.3 Å². The molecule has 0 spiro atoms. The van der Waals surface area contributed by atoms with Crippen LogP contribution in [0, 0.1) is 17.1 Å². The maximum atomic E-state index is 14.2. The topological polar surface area (TPSA) is 111 Å². The van der Waals surface area contributed by atoms with Crippen molar-refractivity contribution in [2.45, 2.75) is 12.2 Å². The Kier molecular flexibility index (Phi) is 7.07.